The molecule has 1 heterocycles. The van der Waals surface area contributed by atoms with Crippen molar-refractivity contribution in [2.45, 2.75) is 24.9 Å². The third kappa shape index (κ3) is 1.46. The molecule has 0 aliphatic carbocycles. The van der Waals surface area contributed by atoms with Crippen LogP contribution in [0.25, 0.3) is 0 Å². The van der Waals surface area contributed by atoms with E-state index in [2.05, 4.69) is 0 Å². The van der Waals surface area contributed by atoms with Crippen molar-refractivity contribution in [2.24, 2.45) is 0 Å². The molecule has 1 fully saturated rings. The number of ether oxygens (including phenoxy) is 2. The van der Waals surface area contributed by atoms with E-state index in [1.807, 2.05) is 6.92 Å². The lowest BCUT2D eigenvalue weighted by atomic mass is 9.91. The fourth-order valence-corrected chi connectivity index (χ4v) is 0.969. The van der Waals surface area contributed by atoms with Gasteiger partial charge in [-0.2, -0.15) is 0 Å². The summed E-state index contributed by atoms with van der Waals surface area (Å²) in [6.07, 6.45) is 0.795. The summed E-state index contributed by atoms with van der Waals surface area (Å²) in [6.45, 7) is 2.62. The smallest absolute Gasteiger partial charge is 0.109 e. The summed E-state index contributed by atoms with van der Waals surface area (Å²) in [5.41, 5.74) is -0.139. The minimum atomic E-state index is -0.139. The van der Waals surface area contributed by atoms with Crippen LogP contribution in [-0.4, -0.2) is 33.2 Å². The van der Waals surface area contributed by atoms with Crippen LogP contribution < -0.4 is 0 Å². The van der Waals surface area contributed by atoms with Crippen LogP contribution in [0.2, 0.25) is 0 Å². The zero-order chi connectivity index (χ0) is 6.91. The molecule has 2 radical (unpaired) electrons. The standard InChI is InChI=1S/C6H11BO2/c1-6(8-2)3-5(7)9-4-6/h5H,3-4H2,1-2H3/t5?,6-/m1/s1. The molecule has 0 bridgehead atoms. The van der Waals surface area contributed by atoms with E-state index in [9.17, 15) is 0 Å². The highest BCUT2D eigenvalue weighted by atomic mass is 16.6. The first-order chi connectivity index (χ1) is 4.16. The maximum atomic E-state index is 5.48. The summed E-state index contributed by atoms with van der Waals surface area (Å²) >= 11 is 0. The van der Waals surface area contributed by atoms with Crippen LogP contribution in [0.3, 0.4) is 0 Å². The Morgan fingerprint density at radius 1 is 1.78 bits per heavy atom. The number of hydrogen-bond acceptors (Lipinski definition) is 2. The zero-order valence-electron chi connectivity index (χ0n) is 5.89. The Kier molecular flexibility index (Phi) is 1.82. The molecule has 0 saturated carbocycles. The van der Waals surface area contributed by atoms with Gasteiger partial charge >= 0.3 is 0 Å². The highest BCUT2D eigenvalue weighted by molar-refractivity contribution is 6.11. The first-order valence-corrected chi connectivity index (χ1v) is 3.09. The third-order valence-corrected chi connectivity index (χ3v) is 1.73. The lowest BCUT2D eigenvalue weighted by molar-refractivity contribution is -0.00223. The minimum Gasteiger partial charge on any atom is -0.385 e. The average Bonchev–Trinajstić information content (AvgIpc) is 2.13. The Morgan fingerprint density at radius 3 is 2.67 bits per heavy atom. The van der Waals surface area contributed by atoms with Crippen molar-refractivity contribution in [3.8, 4) is 0 Å². The maximum absolute atomic E-state index is 5.48. The molecule has 0 spiro atoms. The van der Waals surface area contributed by atoms with E-state index in [-0.39, 0.29) is 11.6 Å². The Bertz CT molecular complexity index is 107. The summed E-state index contributed by atoms with van der Waals surface area (Å²) in [6, 6.07) is -0.130. The normalized spacial score (nSPS) is 43.6. The van der Waals surface area contributed by atoms with Gasteiger partial charge in [0.15, 0.2) is 0 Å². The van der Waals surface area contributed by atoms with Gasteiger partial charge in [0, 0.05) is 13.1 Å². The maximum Gasteiger partial charge on any atom is 0.109 e. The van der Waals surface area contributed by atoms with Crippen LogP contribution in [0, 0.1) is 0 Å². The first kappa shape index (κ1) is 7.10. The molecular formula is C6H11BO2. The van der Waals surface area contributed by atoms with Crippen LogP contribution >= 0.6 is 0 Å². The molecule has 1 rings (SSSR count). The SMILES string of the molecule is [B]C1C[C@@](C)(OC)CO1. The molecule has 1 aliphatic heterocycles. The predicted molar refractivity (Wildman–Crippen MR) is 35.5 cm³/mol. The largest absolute Gasteiger partial charge is 0.385 e. The van der Waals surface area contributed by atoms with Crippen LogP contribution in [0.1, 0.15) is 13.3 Å². The highest BCUT2D eigenvalue weighted by Crippen LogP contribution is 2.24. The molecule has 0 aromatic rings. The van der Waals surface area contributed by atoms with Gasteiger partial charge in [0.1, 0.15) is 7.85 Å². The van der Waals surface area contributed by atoms with Crippen LogP contribution in [0.15, 0.2) is 0 Å². The topological polar surface area (TPSA) is 18.5 Å². The summed E-state index contributed by atoms with van der Waals surface area (Å²) in [5, 5.41) is 0. The van der Waals surface area contributed by atoms with Gasteiger partial charge < -0.3 is 9.47 Å². The number of rotatable bonds is 1. The number of methoxy groups -OCH3 is 1. The van der Waals surface area contributed by atoms with Crippen molar-refractivity contribution in [3.05, 3.63) is 0 Å². The average molecular weight is 126 g/mol. The second-order valence-electron chi connectivity index (χ2n) is 2.71. The summed E-state index contributed by atoms with van der Waals surface area (Å²) in [5.74, 6) is 0. The Morgan fingerprint density at radius 2 is 2.44 bits per heavy atom. The van der Waals surface area contributed by atoms with Gasteiger partial charge in [-0.3, -0.25) is 0 Å². The Labute approximate surface area is 56.9 Å². The van der Waals surface area contributed by atoms with Gasteiger partial charge in [0.25, 0.3) is 0 Å². The van der Waals surface area contributed by atoms with Gasteiger partial charge in [-0.25, -0.2) is 0 Å². The lowest BCUT2D eigenvalue weighted by Gasteiger charge is -2.18. The Hall–Kier alpha value is -0.0151. The van der Waals surface area contributed by atoms with Crippen LogP contribution in [0.4, 0.5) is 0 Å². The fraction of sp³-hybridized carbons (Fsp3) is 1.00. The molecule has 1 saturated heterocycles. The molecule has 0 N–H and O–H groups in total. The van der Waals surface area contributed by atoms with Crippen molar-refractivity contribution in [1.29, 1.82) is 0 Å². The molecule has 50 valence electrons. The Balaban J connectivity index is 2.45. The first-order valence-electron chi connectivity index (χ1n) is 3.09. The molecule has 0 aromatic carbocycles. The molecule has 9 heavy (non-hydrogen) atoms. The monoisotopic (exact) mass is 126 g/mol. The van der Waals surface area contributed by atoms with E-state index in [0.29, 0.717) is 6.61 Å². The van der Waals surface area contributed by atoms with Gasteiger partial charge in [0.2, 0.25) is 0 Å². The summed E-state index contributed by atoms with van der Waals surface area (Å²) in [4.78, 5) is 0. The summed E-state index contributed by atoms with van der Waals surface area (Å²) in [7, 11) is 7.17. The zero-order valence-corrected chi connectivity index (χ0v) is 5.89. The van der Waals surface area contributed by atoms with Gasteiger partial charge in [-0.15, -0.1) is 0 Å². The quantitative estimate of drug-likeness (QED) is 0.470. The van der Waals surface area contributed by atoms with Crippen molar-refractivity contribution in [3.63, 3.8) is 0 Å². The van der Waals surface area contributed by atoms with Crippen LogP contribution in [0.5, 0.6) is 0 Å². The summed E-state index contributed by atoms with van der Waals surface area (Å²) < 4.78 is 10.3. The molecule has 1 aliphatic rings. The second kappa shape index (κ2) is 2.31. The van der Waals surface area contributed by atoms with Crippen LogP contribution in [-0.2, 0) is 9.47 Å². The van der Waals surface area contributed by atoms with Crippen molar-refractivity contribution < 1.29 is 9.47 Å². The molecule has 3 heteroatoms. The van der Waals surface area contributed by atoms with Gasteiger partial charge in [-0.05, 0) is 13.3 Å². The van der Waals surface area contributed by atoms with Crippen molar-refractivity contribution in [1.82, 2.24) is 0 Å². The molecule has 1 unspecified atom stereocenters. The molecule has 2 atom stereocenters. The molecule has 2 nitrogen and oxygen atoms in total. The highest BCUT2D eigenvalue weighted by Gasteiger charge is 2.33. The van der Waals surface area contributed by atoms with E-state index < -0.39 is 0 Å². The van der Waals surface area contributed by atoms with E-state index >= 15 is 0 Å². The van der Waals surface area contributed by atoms with Gasteiger partial charge in [0.05, 0.1) is 12.2 Å². The third-order valence-electron chi connectivity index (χ3n) is 1.73. The molecule has 0 amide bonds. The predicted octanol–water partition coefficient (Wildman–Crippen LogP) is 0.306. The minimum absolute atomic E-state index is 0.130. The van der Waals surface area contributed by atoms with E-state index in [0.717, 1.165) is 6.42 Å². The van der Waals surface area contributed by atoms with Crippen molar-refractivity contribution >= 4 is 7.85 Å². The van der Waals surface area contributed by atoms with E-state index in [1.54, 1.807) is 7.11 Å². The van der Waals surface area contributed by atoms with E-state index in [1.165, 1.54) is 0 Å². The molecule has 0 aromatic heterocycles. The second-order valence-corrected chi connectivity index (χ2v) is 2.71. The lowest BCUT2D eigenvalue weighted by Crippen LogP contribution is -2.27. The van der Waals surface area contributed by atoms with Gasteiger partial charge in [-0.1, -0.05) is 0 Å². The molecular weight excluding hydrogens is 115 g/mol. The fourth-order valence-electron chi connectivity index (χ4n) is 0.969. The van der Waals surface area contributed by atoms with E-state index in [4.69, 9.17) is 17.3 Å². The van der Waals surface area contributed by atoms with Crippen molar-refractivity contribution in [2.75, 3.05) is 13.7 Å². The number of hydrogen-bond donors (Lipinski definition) is 0.